The molecule has 22 heavy (non-hydrogen) atoms. The quantitative estimate of drug-likeness (QED) is 0.755. The zero-order valence-corrected chi connectivity index (χ0v) is 14.4. The molecule has 0 saturated heterocycles. The lowest BCUT2D eigenvalue weighted by molar-refractivity contribution is -0.100. The van der Waals surface area contributed by atoms with Crippen LogP contribution in [0.2, 0.25) is 0 Å². The predicted molar refractivity (Wildman–Crippen MR) is 90.4 cm³/mol. The molecule has 6 unspecified atom stereocenters. The molecule has 0 bridgehead atoms. The Kier molecular flexibility index (Phi) is 3.85. The summed E-state index contributed by atoms with van der Waals surface area (Å²) in [6.45, 7) is 11.0. The molecule has 0 spiro atoms. The first-order valence-electron chi connectivity index (χ1n) is 8.93. The lowest BCUT2D eigenvalue weighted by Crippen LogP contribution is -2.54. The van der Waals surface area contributed by atoms with Crippen LogP contribution in [0.4, 0.5) is 0 Å². The van der Waals surface area contributed by atoms with Gasteiger partial charge in [-0.2, -0.15) is 0 Å². The van der Waals surface area contributed by atoms with E-state index in [1.807, 2.05) is 6.08 Å². The van der Waals surface area contributed by atoms with E-state index < -0.39 is 0 Å². The Morgan fingerprint density at radius 3 is 2.68 bits per heavy atom. The highest BCUT2D eigenvalue weighted by atomic mass is 16.3. The average molecular weight is 304 g/mol. The van der Waals surface area contributed by atoms with E-state index in [9.17, 15) is 10.2 Å². The van der Waals surface area contributed by atoms with Crippen molar-refractivity contribution in [3.8, 4) is 0 Å². The van der Waals surface area contributed by atoms with Crippen LogP contribution in [-0.4, -0.2) is 22.9 Å². The van der Waals surface area contributed by atoms with Crippen molar-refractivity contribution >= 4 is 0 Å². The van der Waals surface area contributed by atoms with Gasteiger partial charge in [0.2, 0.25) is 0 Å². The van der Waals surface area contributed by atoms with Crippen LogP contribution in [0.5, 0.6) is 0 Å². The molecule has 0 aromatic rings. The summed E-state index contributed by atoms with van der Waals surface area (Å²) in [5.74, 6) is 1.04. The summed E-state index contributed by atoms with van der Waals surface area (Å²) in [7, 11) is 0. The Bertz CT molecular complexity index is 496. The zero-order valence-electron chi connectivity index (χ0n) is 14.4. The summed E-state index contributed by atoms with van der Waals surface area (Å²) in [4.78, 5) is 0. The minimum absolute atomic E-state index is 0.0582. The lowest BCUT2D eigenvalue weighted by atomic mass is 9.45. The maximum Gasteiger partial charge on any atom is 0.0668 e. The summed E-state index contributed by atoms with van der Waals surface area (Å²) in [5, 5.41) is 20.7. The van der Waals surface area contributed by atoms with E-state index >= 15 is 0 Å². The molecule has 2 fully saturated rings. The van der Waals surface area contributed by atoms with Gasteiger partial charge in [0.25, 0.3) is 0 Å². The van der Waals surface area contributed by atoms with Crippen molar-refractivity contribution in [2.75, 3.05) is 6.61 Å². The second-order valence-electron chi connectivity index (χ2n) is 8.86. The van der Waals surface area contributed by atoms with Crippen LogP contribution in [0.15, 0.2) is 24.3 Å². The summed E-state index contributed by atoms with van der Waals surface area (Å²) < 4.78 is 0. The first kappa shape index (κ1) is 16.3. The fourth-order valence-electron chi connectivity index (χ4n) is 5.97. The summed E-state index contributed by atoms with van der Waals surface area (Å²) in [5.41, 5.74) is 1.55. The molecule has 2 saturated carbocycles. The van der Waals surface area contributed by atoms with Gasteiger partial charge in [-0.1, -0.05) is 44.9 Å². The molecule has 0 amide bonds. The summed E-state index contributed by atoms with van der Waals surface area (Å²) in [6, 6.07) is 0. The third-order valence-corrected chi connectivity index (χ3v) is 7.54. The molecule has 2 N–H and O–H groups in total. The molecule has 124 valence electrons. The number of hydrogen-bond acceptors (Lipinski definition) is 2. The van der Waals surface area contributed by atoms with Crippen molar-refractivity contribution in [3.63, 3.8) is 0 Å². The normalized spacial score (nSPS) is 51.5. The van der Waals surface area contributed by atoms with E-state index in [0.29, 0.717) is 18.4 Å². The Morgan fingerprint density at radius 1 is 1.32 bits per heavy atom. The molecule has 2 heteroatoms. The van der Waals surface area contributed by atoms with Crippen LogP contribution in [0.25, 0.3) is 0 Å². The van der Waals surface area contributed by atoms with Crippen LogP contribution >= 0.6 is 0 Å². The topological polar surface area (TPSA) is 40.5 Å². The molecule has 3 rings (SSSR count). The largest absolute Gasteiger partial charge is 0.396 e. The first-order valence-corrected chi connectivity index (χ1v) is 8.93. The Labute approximate surface area is 135 Å². The van der Waals surface area contributed by atoms with Gasteiger partial charge in [0.05, 0.1) is 6.10 Å². The molecule has 0 aliphatic heterocycles. The minimum Gasteiger partial charge on any atom is -0.396 e. The smallest absolute Gasteiger partial charge is 0.0668 e. The van der Waals surface area contributed by atoms with Gasteiger partial charge in [-0.15, -0.1) is 6.58 Å². The lowest BCUT2D eigenvalue weighted by Gasteiger charge is -2.60. The molecule has 0 radical (unpaired) electrons. The SMILES string of the molecule is C=CC1(C)C=C2CCC3C(C)(CO)CCCC3(C)C2CC1O. The van der Waals surface area contributed by atoms with Crippen LogP contribution in [-0.2, 0) is 0 Å². The van der Waals surface area contributed by atoms with Crippen molar-refractivity contribution in [1.29, 1.82) is 0 Å². The van der Waals surface area contributed by atoms with E-state index in [-0.39, 0.29) is 22.3 Å². The molecule has 0 aromatic heterocycles. The number of allylic oxidation sites excluding steroid dienone is 1. The zero-order chi connectivity index (χ0) is 16.2. The van der Waals surface area contributed by atoms with Gasteiger partial charge in [-0.05, 0) is 54.8 Å². The fraction of sp³-hybridized carbons (Fsp3) is 0.800. The van der Waals surface area contributed by atoms with Gasteiger partial charge in [0, 0.05) is 12.0 Å². The highest BCUT2D eigenvalue weighted by Gasteiger charge is 2.56. The molecule has 0 heterocycles. The van der Waals surface area contributed by atoms with Crippen molar-refractivity contribution in [3.05, 3.63) is 24.3 Å². The molecule has 3 aliphatic carbocycles. The fourth-order valence-corrected chi connectivity index (χ4v) is 5.97. The second-order valence-corrected chi connectivity index (χ2v) is 8.86. The van der Waals surface area contributed by atoms with Gasteiger partial charge < -0.3 is 10.2 Å². The van der Waals surface area contributed by atoms with Crippen LogP contribution in [0.1, 0.15) is 59.3 Å². The Balaban J connectivity index is 2.00. The summed E-state index contributed by atoms with van der Waals surface area (Å²) >= 11 is 0. The molecular weight excluding hydrogens is 272 g/mol. The van der Waals surface area contributed by atoms with Crippen molar-refractivity contribution in [2.24, 2.45) is 28.1 Å². The van der Waals surface area contributed by atoms with Gasteiger partial charge in [0.1, 0.15) is 0 Å². The standard InChI is InChI=1S/C20H32O2/c1-5-18(2)12-14-7-8-16-19(3,13-21)9-6-10-20(16,4)15(14)11-17(18)22/h5,12,15-17,21-22H,1,6-11,13H2,2-4H3. The monoisotopic (exact) mass is 304 g/mol. The first-order chi connectivity index (χ1) is 10.3. The second kappa shape index (κ2) is 5.21. The minimum atomic E-state index is -0.336. The van der Waals surface area contributed by atoms with Gasteiger partial charge in [0.15, 0.2) is 0 Å². The summed E-state index contributed by atoms with van der Waals surface area (Å²) in [6.07, 6.45) is 10.6. The number of fused-ring (bicyclic) bond motifs is 3. The third-order valence-electron chi connectivity index (χ3n) is 7.54. The number of aliphatic hydroxyl groups excluding tert-OH is 2. The van der Waals surface area contributed by atoms with Crippen LogP contribution < -0.4 is 0 Å². The van der Waals surface area contributed by atoms with Crippen molar-refractivity contribution in [2.45, 2.75) is 65.4 Å². The number of aliphatic hydroxyl groups is 2. The van der Waals surface area contributed by atoms with Crippen LogP contribution in [0.3, 0.4) is 0 Å². The highest BCUT2D eigenvalue weighted by molar-refractivity contribution is 5.28. The average Bonchev–Trinajstić information content (AvgIpc) is 2.49. The maximum atomic E-state index is 10.7. The predicted octanol–water partition coefficient (Wildman–Crippen LogP) is 4.08. The number of rotatable bonds is 2. The molecule has 3 aliphatic rings. The Hall–Kier alpha value is -0.600. The maximum absolute atomic E-state index is 10.7. The highest BCUT2D eigenvalue weighted by Crippen LogP contribution is 2.63. The molecule has 0 aromatic carbocycles. The number of hydrogen-bond donors (Lipinski definition) is 2. The molecule has 2 nitrogen and oxygen atoms in total. The van der Waals surface area contributed by atoms with Gasteiger partial charge >= 0.3 is 0 Å². The van der Waals surface area contributed by atoms with Gasteiger partial charge in [-0.25, -0.2) is 0 Å². The van der Waals surface area contributed by atoms with E-state index in [4.69, 9.17) is 0 Å². The van der Waals surface area contributed by atoms with E-state index in [1.54, 1.807) is 0 Å². The Morgan fingerprint density at radius 2 is 2.05 bits per heavy atom. The third kappa shape index (κ3) is 2.14. The van der Waals surface area contributed by atoms with E-state index in [2.05, 4.69) is 33.4 Å². The van der Waals surface area contributed by atoms with Gasteiger partial charge in [-0.3, -0.25) is 0 Å². The van der Waals surface area contributed by atoms with E-state index in [0.717, 1.165) is 19.3 Å². The van der Waals surface area contributed by atoms with Crippen molar-refractivity contribution in [1.82, 2.24) is 0 Å². The van der Waals surface area contributed by atoms with E-state index in [1.165, 1.54) is 24.8 Å². The van der Waals surface area contributed by atoms with Crippen molar-refractivity contribution < 1.29 is 10.2 Å². The molecule has 6 atom stereocenters. The molecular formula is C20H32O2. The van der Waals surface area contributed by atoms with Crippen LogP contribution in [0, 0.1) is 28.1 Å².